The van der Waals surface area contributed by atoms with Crippen LogP contribution in [0.5, 0.6) is 11.5 Å². The minimum absolute atomic E-state index is 0.0590. The molecule has 0 fully saturated rings. The van der Waals surface area contributed by atoms with Gasteiger partial charge in [-0.05, 0) is 56.3 Å². The SMILES string of the molecule is COc1ccccc1OCC1c2ccsc2CCN1C(=O)CN(C(C)=O)C(C)(C)C. The predicted molar refractivity (Wildman–Crippen MR) is 118 cm³/mol. The van der Waals surface area contributed by atoms with Crippen LogP contribution in [0.15, 0.2) is 35.7 Å². The fraction of sp³-hybridized carbons (Fsp3) is 0.478. The van der Waals surface area contributed by atoms with Crippen molar-refractivity contribution in [3.8, 4) is 11.5 Å². The van der Waals surface area contributed by atoms with Gasteiger partial charge in [-0.2, -0.15) is 0 Å². The van der Waals surface area contributed by atoms with Crippen LogP contribution in [0.25, 0.3) is 0 Å². The zero-order valence-electron chi connectivity index (χ0n) is 18.3. The molecule has 0 N–H and O–H groups in total. The summed E-state index contributed by atoms with van der Waals surface area (Å²) in [6, 6.07) is 9.37. The molecule has 162 valence electrons. The average molecular weight is 431 g/mol. The molecule has 0 saturated carbocycles. The maximum absolute atomic E-state index is 13.3. The van der Waals surface area contributed by atoms with Gasteiger partial charge in [0.05, 0.1) is 13.2 Å². The summed E-state index contributed by atoms with van der Waals surface area (Å²) in [6.07, 6.45) is 0.819. The number of hydrogen-bond donors (Lipinski definition) is 0. The monoisotopic (exact) mass is 430 g/mol. The Morgan fingerprint density at radius 1 is 1.20 bits per heavy atom. The molecule has 2 amide bonds. The number of rotatable bonds is 6. The van der Waals surface area contributed by atoms with Crippen LogP contribution in [-0.2, 0) is 16.0 Å². The van der Waals surface area contributed by atoms with E-state index in [1.165, 1.54) is 11.8 Å². The maximum atomic E-state index is 13.3. The number of amides is 2. The van der Waals surface area contributed by atoms with Gasteiger partial charge in [-0.1, -0.05) is 12.1 Å². The van der Waals surface area contributed by atoms with E-state index >= 15 is 0 Å². The topological polar surface area (TPSA) is 59.1 Å². The van der Waals surface area contributed by atoms with Crippen LogP contribution in [-0.4, -0.2) is 54.0 Å². The summed E-state index contributed by atoms with van der Waals surface area (Å²) in [5.74, 6) is 1.14. The standard InChI is InChI=1S/C23H30N2O4S/c1-16(26)25(23(2,3)4)14-22(27)24-12-10-21-17(11-13-30-21)18(24)15-29-20-9-7-6-8-19(20)28-5/h6-9,11,13,18H,10,12,14-15H2,1-5H3. The number of hydrogen-bond acceptors (Lipinski definition) is 5. The number of nitrogens with zero attached hydrogens (tertiary/aromatic N) is 2. The molecule has 7 heteroatoms. The van der Waals surface area contributed by atoms with Crippen molar-refractivity contribution in [2.75, 3.05) is 26.8 Å². The Labute approximate surface area is 182 Å². The summed E-state index contributed by atoms with van der Waals surface area (Å²) in [5.41, 5.74) is 0.702. The smallest absolute Gasteiger partial charge is 0.242 e. The van der Waals surface area contributed by atoms with Crippen molar-refractivity contribution in [1.82, 2.24) is 9.80 Å². The predicted octanol–water partition coefficient (Wildman–Crippen LogP) is 3.91. The second-order valence-electron chi connectivity index (χ2n) is 8.39. The van der Waals surface area contributed by atoms with E-state index in [4.69, 9.17) is 9.47 Å². The second-order valence-corrected chi connectivity index (χ2v) is 9.39. The normalized spacial score (nSPS) is 16.0. The molecule has 6 nitrogen and oxygen atoms in total. The Morgan fingerprint density at radius 3 is 2.53 bits per heavy atom. The molecular weight excluding hydrogens is 400 g/mol. The van der Waals surface area contributed by atoms with Crippen LogP contribution in [0, 0.1) is 0 Å². The molecule has 1 aromatic carbocycles. The summed E-state index contributed by atoms with van der Waals surface area (Å²) in [7, 11) is 1.61. The summed E-state index contributed by atoms with van der Waals surface area (Å²) in [6.45, 7) is 8.33. The maximum Gasteiger partial charge on any atom is 0.242 e. The molecule has 1 aliphatic heterocycles. The summed E-state index contributed by atoms with van der Waals surface area (Å²) in [5, 5.41) is 2.06. The number of ether oxygens (including phenoxy) is 2. The van der Waals surface area contributed by atoms with Crippen molar-refractivity contribution >= 4 is 23.2 Å². The molecule has 2 aromatic rings. The van der Waals surface area contributed by atoms with Crippen LogP contribution >= 0.6 is 11.3 Å². The van der Waals surface area contributed by atoms with Gasteiger partial charge in [0.15, 0.2) is 11.5 Å². The molecular formula is C23H30N2O4S. The van der Waals surface area contributed by atoms with Crippen LogP contribution in [0.1, 0.15) is 44.2 Å². The Balaban J connectivity index is 1.82. The molecule has 2 heterocycles. The highest BCUT2D eigenvalue weighted by molar-refractivity contribution is 7.10. The number of fused-ring (bicyclic) bond motifs is 1. The van der Waals surface area contributed by atoms with Crippen molar-refractivity contribution in [1.29, 1.82) is 0 Å². The van der Waals surface area contributed by atoms with Crippen LogP contribution in [0.4, 0.5) is 0 Å². The zero-order valence-corrected chi connectivity index (χ0v) is 19.1. The third-order valence-electron chi connectivity index (χ3n) is 5.36. The molecule has 1 unspecified atom stereocenters. The first-order chi connectivity index (χ1) is 14.2. The fourth-order valence-electron chi connectivity index (χ4n) is 3.83. The van der Waals surface area contributed by atoms with Crippen molar-refractivity contribution in [3.63, 3.8) is 0 Å². The molecule has 0 saturated heterocycles. The van der Waals surface area contributed by atoms with Gasteiger partial charge in [-0.3, -0.25) is 9.59 Å². The molecule has 0 aliphatic carbocycles. The summed E-state index contributed by atoms with van der Waals surface area (Å²) in [4.78, 5) is 30.2. The molecule has 0 bridgehead atoms. The quantitative estimate of drug-likeness (QED) is 0.697. The van der Waals surface area contributed by atoms with Crippen LogP contribution in [0.2, 0.25) is 0 Å². The highest BCUT2D eigenvalue weighted by Crippen LogP contribution is 2.35. The van der Waals surface area contributed by atoms with E-state index in [0.29, 0.717) is 24.7 Å². The van der Waals surface area contributed by atoms with Crippen molar-refractivity contribution in [2.45, 2.75) is 45.7 Å². The third kappa shape index (κ3) is 4.78. The lowest BCUT2D eigenvalue weighted by molar-refractivity contribution is -0.145. The van der Waals surface area contributed by atoms with E-state index < -0.39 is 5.54 Å². The van der Waals surface area contributed by atoms with Gasteiger partial charge < -0.3 is 19.3 Å². The van der Waals surface area contributed by atoms with Crippen molar-refractivity contribution in [3.05, 3.63) is 46.2 Å². The second kappa shape index (κ2) is 9.08. The number of para-hydroxylation sites is 2. The number of thiophene rings is 1. The van der Waals surface area contributed by atoms with Gasteiger partial charge in [-0.15, -0.1) is 11.3 Å². The molecule has 30 heavy (non-hydrogen) atoms. The lowest BCUT2D eigenvalue weighted by Crippen LogP contribution is -2.52. The number of carbonyl (C=O) groups is 2. The van der Waals surface area contributed by atoms with Gasteiger partial charge in [-0.25, -0.2) is 0 Å². The first-order valence-electron chi connectivity index (χ1n) is 10.1. The molecule has 1 aliphatic rings. The van der Waals surface area contributed by atoms with Crippen LogP contribution in [0.3, 0.4) is 0 Å². The van der Waals surface area contributed by atoms with E-state index in [9.17, 15) is 9.59 Å². The van der Waals surface area contributed by atoms with Gasteiger partial charge in [0, 0.05) is 23.9 Å². The highest BCUT2D eigenvalue weighted by Gasteiger charge is 2.35. The lowest BCUT2D eigenvalue weighted by Gasteiger charge is -2.40. The minimum atomic E-state index is -0.422. The van der Waals surface area contributed by atoms with E-state index in [1.807, 2.05) is 49.9 Å². The van der Waals surface area contributed by atoms with Gasteiger partial charge in [0.1, 0.15) is 13.2 Å². The van der Waals surface area contributed by atoms with E-state index in [2.05, 4.69) is 11.4 Å². The number of carbonyl (C=O) groups excluding carboxylic acids is 2. The average Bonchev–Trinajstić information content (AvgIpc) is 3.18. The van der Waals surface area contributed by atoms with Crippen LogP contribution < -0.4 is 9.47 Å². The fourth-order valence-corrected chi connectivity index (χ4v) is 4.76. The summed E-state index contributed by atoms with van der Waals surface area (Å²) < 4.78 is 11.5. The number of benzene rings is 1. The lowest BCUT2D eigenvalue weighted by atomic mass is 10.00. The summed E-state index contributed by atoms with van der Waals surface area (Å²) >= 11 is 1.71. The molecule has 0 radical (unpaired) electrons. The first-order valence-corrected chi connectivity index (χ1v) is 11.0. The largest absolute Gasteiger partial charge is 0.493 e. The van der Waals surface area contributed by atoms with Crippen molar-refractivity contribution in [2.24, 2.45) is 0 Å². The molecule has 3 rings (SSSR count). The van der Waals surface area contributed by atoms with E-state index in [0.717, 1.165) is 12.0 Å². The molecule has 0 spiro atoms. The highest BCUT2D eigenvalue weighted by atomic mass is 32.1. The van der Waals surface area contributed by atoms with Gasteiger partial charge in [0.2, 0.25) is 11.8 Å². The first kappa shape index (κ1) is 22.2. The van der Waals surface area contributed by atoms with Gasteiger partial charge >= 0.3 is 0 Å². The van der Waals surface area contributed by atoms with E-state index in [1.54, 1.807) is 23.3 Å². The Hall–Kier alpha value is -2.54. The third-order valence-corrected chi connectivity index (χ3v) is 6.36. The Bertz CT molecular complexity index is 903. The number of methoxy groups -OCH3 is 1. The van der Waals surface area contributed by atoms with Crippen molar-refractivity contribution < 1.29 is 19.1 Å². The molecule has 1 aromatic heterocycles. The Morgan fingerprint density at radius 2 is 1.90 bits per heavy atom. The minimum Gasteiger partial charge on any atom is -0.493 e. The Kier molecular flexibility index (Phi) is 6.71. The zero-order chi connectivity index (χ0) is 21.9. The molecule has 1 atom stereocenters. The van der Waals surface area contributed by atoms with Gasteiger partial charge in [0.25, 0.3) is 0 Å². The van der Waals surface area contributed by atoms with E-state index in [-0.39, 0.29) is 24.4 Å².